The van der Waals surface area contributed by atoms with Gasteiger partial charge in [-0.3, -0.25) is 0 Å². The van der Waals surface area contributed by atoms with Gasteiger partial charge >= 0.3 is 7.80 Å². The molecule has 1 unspecified atom stereocenters. The summed E-state index contributed by atoms with van der Waals surface area (Å²) < 4.78 is 19.8. The fraction of sp³-hybridized carbons (Fsp3) is 0. The second-order valence-corrected chi connectivity index (χ2v) is 15.9. The zero-order chi connectivity index (χ0) is 31.5. The predicted molar refractivity (Wildman–Crippen MR) is 207 cm³/mol. The molecule has 1 atom stereocenters. The Labute approximate surface area is 282 Å². The van der Waals surface area contributed by atoms with Crippen LogP contribution in [0.3, 0.4) is 0 Å². The average Bonchev–Trinajstić information content (AvgIpc) is 3.90. The molecule has 11 aromatic rings. The molecule has 224 valence electrons. The van der Waals surface area contributed by atoms with Crippen molar-refractivity contribution in [1.82, 2.24) is 15.0 Å². The Hall–Kier alpha value is -5.39. The van der Waals surface area contributed by atoms with E-state index in [1.54, 1.807) is 28.9 Å². The van der Waals surface area contributed by atoms with Crippen molar-refractivity contribution in [3.05, 3.63) is 128 Å². The summed E-state index contributed by atoms with van der Waals surface area (Å²) in [6.45, 7) is 0. The standard InChI is InChI=1S/C41H23N3OPS2/c45-46(30-14-6-16-32-36(30)38-34(48-32)20-18-26-23-9-2-4-13-29(23)44-40(26)38)41-27(11-7-21-42-41)24-10-5-15-31-35(24)37-33(47-31)19-17-25-22-8-1-3-12-28(22)43-39(25)37/h1-21,43-44H/q+1. The number of aromatic nitrogens is 3. The van der Waals surface area contributed by atoms with Crippen LogP contribution in [0.1, 0.15) is 0 Å². The van der Waals surface area contributed by atoms with E-state index < -0.39 is 7.80 Å². The number of thiophene rings is 2. The molecule has 0 aliphatic carbocycles. The van der Waals surface area contributed by atoms with Crippen LogP contribution in [0.15, 0.2) is 128 Å². The number of hydrogen-bond donors (Lipinski definition) is 2. The molecule has 48 heavy (non-hydrogen) atoms. The van der Waals surface area contributed by atoms with E-state index in [1.165, 1.54) is 46.4 Å². The first-order chi connectivity index (χ1) is 23.7. The van der Waals surface area contributed by atoms with Crippen LogP contribution < -0.4 is 10.7 Å². The number of benzene rings is 6. The maximum atomic E-state index is 15.0. The van der Waals surface area contributed by atoms with Crippen molar-refractivity contribution in [2.75, 3.05) is 0 Å². The summed E-state index contributed by atoms with van der Waals surface area (Å²) in [6, 6.07) is 42.5. The molecule has 0 aliphatic heterocycles. The van der Waals surface area contributed by atoms with Crippen LogP contribution in [0.5, 0.6) is 0 Å². The number of hydrogen-bond acceptors (Lipinski definition) is 4. The van der Waals surface area contributed by atoms with Crippen molar-refractivity contribution in [2.24, 2.45) is 0 Å². The molecule has 0 bridgehead atoms. The van der Waals surface area contributed by atoms with E-state index in [0.717, 1.165) is 54.0 Å². The maximum Gasteiger partial charge on any atom is 0.436 e. The number of pyridine rings is 1. The summed E-state index contributed by atoms with van der Waals surface area (Å²) in [7, 11) is -2.05. The quantitative estimate of drug-likeness (QED) is 0.184. The minimum absolute atomic E-state index is 0.610. The van der Waals surface area contributed by atoms with Crippen molar-refractivity contribution >= 4 is 125 Å². The van der Waals surface area contributed by atoms with E-state index in [9.17, 15) is 0 Å². The number of fused-ring (bicyclic) bond motifs is 14. The topological polar surface area (TPSA) is 61.5 Å². The fourth-order valence-corrected chi connectivity index (χ4v) is 11.5. The van der Waals surface area contributed by atoms with Crippen molar-refractivity contribution in [2.45, 2.75) is 0 Å². The Bertz CT molecular complexity index is 3160. The van der Waals surface area contributed by atoms with Gasteiger partial charge in [-0.05, 0) is 60.2 Å². The maximum absolute atomic E-state index is 15.0. The third kappa shape index (κ3) is 3.57. The summed E-state index contributed by atoms with van der Waals surface area (Å²) in [5.74, 6) is 0. The molecule has 0 saturated heterocycles. The van der Waals surface area contributed by atoms with Gasteiger partial charge in [0.1, 0.15) is 0 Å². The van der Waals surface area contributed by atoms with Crippen LogP contribution in [0.4, 0.5) is 0 Å². The number of rotatable bonds is 3. The highest BCUT2D eigenvalue weighted by Crippen LogP contribution is 2.46. The molecule has 0 spiro atoms. The van der Waals surface area contributed by atoms with Gasteiger partial charge in [0.15, 0.2) is 0 Å². The smallest absolute Gasteiger partial charge is 0.354 e. The van der Waals surface area contributed by atoms with Crippen LogP contribution in [0, 0.1) is 0 Å². The van der Waals surface area contributed by atoms with E-state index in [1.807, 2.05) is 18.2 Å². The lowest BCUT2D eigenvalue weighted by molar-refractivity contribution is 0.598. The number of nitrogens with zero attached hydrogens (tertiary/aromatic N) is 1. The third-order valence-corrected chi connectivity index (χ3v) is 13.5. The van der Waals surface area contributed by atoms with Crippen molar-refractivity contribution in [3.8, 4) is 11.1 Å². The van der Waals surface area contributed by atoms with Crippen LogP contribution in [0.25, 0.3) is 95.1 Å². The van der Waals surface area contributed by atoms with Crippen LogP contribution in [-0.2, 0) is 4.57 Å². The number of H-pyrrole nitrogens is 2. The zero-order valence-corrected chi connectivity index (χ0v) is 27.8. The SMILES string of the molecule is O=[P+](c1ncccc1-c1cccc2sc3ccc4c5ccccc5[nH]c4c3c12)c1cccc2sc3ccc4c5ccccc5[nH]c4c3c12. The molecule has 0 fully saturated rings. The normalized spacial score (nSPS) is 12.6. The van der Waals surface area contributed by atoms with E-state index >= 15 is 4.57 Å². The highest BCUT2D eigenvalue weighted by molar-refractivity contribution is 7.62. The third-order valence-electron chi connectivity index (χ3n) is 9.75. The summed E-state index contributed by atoms with van der Waals surface area (Å²) in [5, 5.41) is 10.2. The van der Waals surface area contributed by atoms with Crippen LogP contribution in [0.2, 0.25) is 0 Å². The molecule has 5 heterocycles. The Morgan fingerprint density at radius 3 is 1.73 bits per heavy atom. The summed E-state index contributed by atoms with van der Waals surface area (Å²) in [6.07, 6.45) is 1.77. The van der Waals surface area contributed by atoms with Gasteiger partial charge < -0.3 is 9.97 Å². The fourth-order valence-electron chi connectivity index (χ4n) is 7.71. The lowest BCUT2D eigenvalue weighted by Gasteiger charge is -2.06. The largest absolute Gasteiger partial charge is 0.436 e. The molecule has 7 heteroatoms. The van der Waals surface area contributed by atoms with Crippen molar-refractivity contribution in [3.63, 3.8) is 0 Å². The molecule has 0 saturated carbocycles. The molecular formula is C41H23N3OPS2+. The van der Waals surface area contributed by atoms with Gasteiger partial charge in [-0.2, -0.15) is 0 Å². The minimum atomic E-state index is -2.05. The van der Waals surface area contributed by atoms with E-state index in [4.69, 9.17) is 4.98 Å². The number of para-hydroxylation sites is 2. The second kappa shape index (κ2) is 9.82. The monoisotopic (exact) mass is 668 g/mol. The van der Waals surface area contributed by atoms with Crippen molar-refractivity contribution in [1.29, 1.82) is 0 Å². The molecular weight excluding hydrogens is 646 g/mol. The van der Waals surface area contributed by atoms with Crippen LogP contribution in [-0.4, -0.2) is 15.0 Å². The first-order valence-corrected chi connectivity index (χ1v) is 18.7. The number of aromatic amines is 2. The van der Waals surface area contributed by atoms with Gasteiger partial charge in [0.05, 0.1) is 22.0 Å². The highest BCUT2D eigenvalue weighted by atomic mass is 32.1. The van der Waals surface area contributed by atoms with Gasteiger partial charge in [-0.1, -0.05) is 71.3 Å². The first-order valence-electron chi connectivity index (χ1n) is 15.8. The van der Waals surface area contributed by atoms with Gasteiger partial charge in [-0.25, -0.2) is 4.98 Å². The van der Waals surface area contributed by atoms with E-state index in [2.05, 4.69) is 113 Å². The lowest BCUT2D eigenvalue weighted by atomic mass is 9.99. The molecule has 0 radical (unpaired) electrons. The lowest BCUT2D eigenvalue weighted by Crippen LogP contribution is -2.13. The van der Waals surface area contributed by atoms with Gasteiger partial charge in [0, 0.05) is 73.7 Å². The summed E-state index contributed by atoms with van der Waals surface area (Å²) in [5.41, 5.74) is 7.03. The molecule has 5 aromatic heterocycles. The Kier molecular flexibility index (Phi) is 5.45. The predicted octanol–water partition coefficient (Wildman–Crippen LogP) is 11.5. The summed E-state index contributed by atoms with van der Waals surface area (Å²) >= 11 is 3.55. The zero-order valence-electron chi connectivity index (χ0n) is 25.2. The minimum Gasteiger partial charge on any atom is -0.354 e. The van der Waals surface area contributed by atoms with Gasteiger partial charge in [-0.15, -0.1) is 22.7 Å². The van der Waals surface area contributed by atoms with Crippen molar-refractivity contribution < 1.29 is 4.57 Å². The Morgan fingerprint density at radius 1 is 0.479 bits per heavy atom. The Morgan fingerprint density at radius 2 is 1.04 bits per heavy atom. The second-order valence-electron chi connectivity index (χ2n) is 12.3. The van der Waals surface area contributed by atoms with E-state index in [-0.39, 0.29) is 0 Å². The van der Waals surface area contributed by atoms with Gasteiger partial charge in [0.2, 0.25) is 5.30 Å². The Balaban J connectivity index is 1.18. The molecule has 0 amide bonds. The number of nitrogens with one attached hydrogen (secondary N) is 2. The molecule has 0 aliphatic rings. The van der Waals surface area contributed by atoms with Crippen LogP contribution >= 0.6 is 30.5 Å². The molecule has 4 nitrogen and oxygen atoms in total. The molecule has 6 aromatic carbocycles. The average molecular weight is 669 g/mol. The van der Waals surface area contributed by atoms with E-state index in [0.29, 0.717) is 5.44 Å². The molecule has 2 N–H and O–H groups in total. The van der Waals surface area contributed by atoms with Gasteiger partial charge in [0.25, 0.3) is 5.44 Å². The summed E-state index contributed by atoms with van der Waals surface area (Å²) in [4.78, 5) is 12.3. The molecule has 11 rings (SSSR count). The first kappa shape index (κ1) is 26.7. The highest BCUT2D eigenvalue weighted by Gasteiger charge is 2.34.